The Hall–Kier alpha value is -1.96. The molecule has 0 bridgehead atoms. The fraction of sp³-hybridized carbons (Fsp3) is 0.333. The van der Waals surface area contributed by atoms with E-state index >= 15 is 0 Å². The van der Waals surface area contributed by atoms with Gasteiger partial charge in [-0.1, -0.05) is 18.2 Å². The van der Waals surface area contributed by atoms with E-state index < -0.39 is 36.6 Å². The fourth-order valence-electron chi connectivity index (χ4n) is 1.81. The molecule has 1 amide bonds. The van der Waals surface area contributed by atoms with Gasteiger partial charge in [-0.05, 0) is 12.1 Å². The van der Waals surface area contributed by atoms with E-state index in [9.17, 15) is 27.5 Å². The van der Waals surface area contributed by atoms with Crippen LogP contribution in [0.25, 0.3) is 0 Å². The van der Waals surface area contributed by atoms with Crippen LogP contribution >= 0.6 is 0 Å². The van der Waals surface area contributed by atoms with Crippen LogP contribution in [-0.4, -0.2) is 40.3 Å². The smallest absolute Gasteiger partial charge is 0.287 e. The van der Waals surface area contributed by atoms with Gasteiger partial charge < -0.3 is 5.11 Å². The first kappa shape index (κ1) is 14.4. The highest BCUT2D eigenvalue weighted by Gasteiger charge is 2.53. The number of rotatable bonds is 3. The Bertz CT molecular complexity index is 536. The van der Waals surface area contributed by atoms with E-state index in [0.29, 0.717) is 0 Å². The lowest BCUT2D eigenvalue weighted by molar-refractivity contribution is -0.164. The van der Waals surface area contributed by atoms with Gasteiger partial charge in [-0.15, -0.1) is 0 Å². The summed E-state index contributed by atoms with van der Waals surface area (Å²) in [6.45, 7) is 0. The third-order valence-corrected chi connectivity index (χ3v) is 2.85. The van der Waals surface area contributed by atoms with E-state index in [2.05, 4.69) is 5.10 Å². The maximum atomic E-state index is 12.9. The van der Waals surface area contributed by atoms with E-state index in [1.165, 1.54) is 24.3 Å². The minimum atomic E-state index is -3.42. The molecule has 1 N–H and O–H groups in total. The van der Waals surface area contributed by atoms with E-state index in [4.69, 9.17) is 0 Å². The molecule has 20 heavy (non-hydrogen) atoms. The monoisotopic (exact) mass is 290 g/mol. The van der Waals surface area contributed by atoms with Gasteiger partial charge in [0.05, 0.1) is 0 Å². The first-order chi connectivity index (χ1) is 9.36. The van der Waals surface area contributed by atoms with Gasteiger partial charge in [-0.3, -0.25) is 4.79 Å². The predicted molar refractivity (Wildman–Crippen MR) is 61.6 cm³/mol. The number of carbonyl (C=O) groups is 1. The van der Waals surface area contributed by atoms with Crippen molar-refractivity contribution in [1.82, 2.24) is 5.01 Å². The van der Waals surface area contributed by atoms with Gasteiger partial charge in [-0.25, -0.2) is 17.6 Å². The minimum Gasteiger partial charge on any atom is -0.364 e. The standard InChI is InChI=1S/C12H10F4N2O2/c13-9(14)8-6-12(20,11(15)16)18(17-8)10(19)7-4-2-1-3-5-7/h1-5,9,11,20H,6H2/t12-/m0/s1. The maximum Gasteiger partial charge on any atom is 0.287 e. The molecule has 0 aromatic heterocycles. The first-order valence-electron chi connectivity index (χ1n) is 5.62. The summed E-state index contributed by atoms with van der Waals surface area (Å²) in [6.07, 6.45) is -7.62. The highest BCUT2D eigenvalue weighted by atomic mass is 19.3. The zero-order chi connectivity index (χ0) is 14.9. The molecule has 0 unspecified atom stereocenters. The number of carbonyl (C=O) groups excluding carboxylic acids is 1. The first-order valence-corrected chi connectivity index (χ1v) is 5.62. The molecule has 1 aliphatic rings. The zero-order valence-electron chi connectivity index (χ0n) is 10.0. The highest BCUT2D eigenvalue weighted by Crippen LogP contribution is 2.34. The summed E-state index contributed by atoms with van der Waals surface area (Å²) in [5, 5.41) is 13.0. The second-order valence-electron chi connectivity index (χ2n) is 4.23. The summed E-state index contributed by atoms with van der Waals surface area (Å²) in [4.78, 5) is 12.0. The van der Waals surface area contributed by atoms with Gasteiger partial charge >= 0.3 is 0 Å². The molecule has 1 atom stereocenters. The molecule has 0 fully saturated rings. The Kier molecular flexibility index (Phi) is 3.76. The van der Waals surface area contributed by atoms with E-state index in [0.717, 1.165) is 0 Å². The van der Waals surface area contributed by atoms with Gasteiger partial charge in [0.1, 0.15) is 5.71 Å². The van der Waals surface area contributed by atoms with Crippen LogP contribution in [0.15, 0.2) is 35.4 Å². The van der Waals surface area contributed by atoms with Crippen molar-refractivity contribution in [2.24, 2.45) is 5.10 Å². The van der Waals surface area contributed by atoms with Crippen LogP contribution in [-0.2, 0) is 0 Å². The summed E-state index contributed by atoms with van der Waals surface area (Å²) < 4.78 is 51.0. The van der Waals surface area contributed by atoms with Gasteiger partial charge in [0.15, 0.2) is 0 Å². The van der Waals surface area contributed by atoms with Gasteiger partial charge in [0.25, 0.3) is 18.8 Å². The molecule has 1 heterocycles. The predicted octanol–water partition coefficient (Wildman–Crippen LogP) is 2.11. The number of benzene rings is 1. The summed E-state index contributed by atoms with van der Waals surface area (Å²) in [5.41, 5.74) is -4.03. The number of hydrogen-bond donors (Lipinski definition) is 1. The minimum absolute atomic E-state index is 0.0362. The molecule has 108 valence electrons. The van der Waals surface area contributed by atoms with Crippen molar-refractivity contribution in [3.63, 3.8) is 0 Å². The summed E-state index contributed by atoms with van der Waals surface area (Å²) in [6, 6.07) is 7.16. The van der Waals surface area contributed by atoms with Gasteiger partial charge in [-0.2, -0.15) is 10.1 Å². The molecular weight excluding hydrogens is 280 g/mol. The van der Waals surface area contributed by atoms with Crippen molar-refractivity contribution in [2.75, 3.05) is 0 Å². The molecule has 1 aromatic rings. The van der Waals surface area contributed by atoms with Crippen LogP contribution in [0.5, 0.6) is 0 Å². The van der Waals surface area contributed by atoms with E-state index in [1.54, 1.807) is 6.07 Å². The van der Waals surface area contributed by atoms with Crippen LogP contribution in [0.1, 0.15) is 16.8 Å². The number of alkyl halides is 4. The molecule has 0 aliphatic carbocycles. The molecule has 0 saturated heterocycles. The number of hydrazone groups is 1. The Morgan fingerprint density at radius 3 is 2.35 bits per heavy atom. The van der Waals surface area contributed by atoms with E-state index in [-0.39, 0.29) is 10.6 Å². The summed E-state index contributed by atoms with van der Waals surface area (Å²) in [5.74, 6) is -1.07. The Morgan fingerprint density at radius 2 is 1.85 bits per heavy atom. The molecule has 0 saturated carbocycles. The Labute approximate surface area is 111 Å². The largest absolute Gasteiger partial charge is 0.364 e. The lowest BCUT2D eigenvalue weighted by atomic mass is 10.1. The van der Waals surface area contributed by atoms with Gasteiger partial charge in [0, 0.05) is 12.0 Å². The lowest BCUT2D eigenvalue weighted by Crippen LogP contribution is -2.51. The van der Waals surface area contributed by atoms with Crippen LogP contribution in [0.3, 0.4) is 0 Å². The summed E-state index contributed by atoms with van der Waals surface area (Å²) in [7, 11) is 0. The van der Waals surface area contributed by atoms with Gasteiger partial charge in [0.2, 0.25) is 5.72 Å². The average Bonchev–Trinajstić information content (AvgIpc) is 2.79. The average molecular weight is 290 g/mol. The molecule has 8 heteroatoms. The normalized spacial score (nSPS) is 22.6. The Balaban J connectivity index is 2.38. The van der Waals surface area contributed by atoms with Crippen molar-refractivity contribution < 1.29 is 27.5 Å². The van der Waals surface area contributed by atoms with Crippen molar-refractivity contribution in [1.29, 1.82) is 0 Å². The quantitative estimate of drug-likeness (QED) is 0.867. The second-order valence-corrected chi connectivity index (χ2v) is 4.23. The topological polar surface area (TPSA) is 52.9 Å². The van der Waals surface area contributed by atoms with E-state index in [1.807, 2.05) is 0 Å². The SMILES string of the molecule is O=C(c1ccccc1)N1N=C(C(F)F)C[C@]1(O)C(F)F. The van der Waals surface area contributed by atoms with Crippen molar-refractivity contribution in [2.45, 2.75) is 25.0 Å². The van der Waals surface area contributed by atoms with Crippen molar-refractivity contribution >= 4 is 11.6 Å². The molecule has 2 rings (SSSR count). The molecule has 0 spiro atoms. The molecule has 1 aliphatic heterocycles. The number of amides is 1. The Morgan fingerprint density at radius 1 is 1.25 bits per heavy atom. The number of aliphatic hydroxyl groups is 1. The third kappa shape index (κ3) is 2.38. The molecule has 0 radical (unpaired) electrons. The van der Waals surface area contributed by atoms with Crippen LogP contribution in [0.4, 0.5) is 17.6 Å². The van der Waals surface area contributed by atoms with Crippen molar-refractivity contribution in [3.8, 4) is 0 Å². The van der Waals surface area contributed by atoms with Crippen molar-refractivity contribution in [3.05, 3.63) is 35.9 Å². The molecule has 1 aromatic carbocycles. The maximum absolute atomic E-state index is 12.9. The van der Waals surface area contributed by atoms with Crippen LogP contribution in [0.2, 0.25) is 0 Å². The molecule has 4 nitrogen and oxygen atoms in total. The number of halogens is 4. The number of nitrogens with zero attached hydrogens (tertiary/aromatic N) is 2. The second kappa shape index (κ2) is 5.20. The third-order valence-electron chi connectivity index (χ3n) is 2.85. The zero-order valence-corrected chi connectivity index (χ0v) is 10.0. The van der Waals surface area contributed by atoms with Crippen LogP contribution < -0.4 is 0 Å². The summed E-state index contributed by atoms with van der Waals surface area (Å²) >= 11 is 0. The van der Waals surface area contributed by atoms with Crippen LogP contribution in [0, 0.1) is 0 Å². The molecular formula is C12H10F4N2O2. The number of hydrogen-bond acceptors (Lipinski definition) is 3. The lowest BCUT2D eigenvalue weighted by Gasteiger charge is -2.29. The fourth-order valence-corrected chi connectivity index (χ4v) is 1.81. The highest BCUT2D eigenvalue weighted by molar-refractivity contribution is 5.99.